The maximum atomic E-state index is 13.2. The second-order valence-corrected chi connectivity index (χ2v) is 6.68. The van der Waals surface area contributed by atoms with E-state index in [1.54, 1.807) is 7.11 Å². The third kappa shape index (κ3) is 4.13. The Morgan fingerprint density at radius 1 is 0.960 bits per heavy atom. The SMILES string of the molecule is COc1cccc(N(C)c2ccccc2C(=O)N(C(C)C)C(C)C)c1. The number of carbonyl (C=O) groups is 1. The summed E-state index contributed by atoms with van der Waals surface area (Å²) < 4.78 is 5.32. The van der Waals surface area contributed by atoms with E-state index in [-0.39, 0.29) is 18.0 Å². The van der Waals surface area contributed by atoms with Gasteiger partial charge in [0.25, 0.3) is 5.91 Å². The van der Waals surface area contributed by atoms with E-state index < -0.39 is 0 Å². The van der Waals surface area contributed by atoms with Crippen molar-refractivity contribution in [3.8, 4) is 5.75 Å². The van der Waals surface area contributed by atoms with E-state index in [1.807, 2.05) is 93.1 Å². The molecule has 0 aromatic heterocycles. The Morgan fingerprint density at radius 2 is 1.60 bits per heavy atom. The van der Waals surface area contributed by atoms with Crippen LogP contribution in [0.5, 0.6) is 5.75 Å². The van der Waals surface area contributed by atoms with Crippen molar-refractivity contribution in [1.29, 1.82) is 0 Å². The van der Waals surface area contributed by atoms with Crippen LogP contribution < -0.4 is 9.64 Å². The zero-order valence-electron chi connectivity index (χ0n) is 16.0. The van der Waals surface area contributed by atoms with Gasteiger partial charge in [-0.05, 0) is 52.0 Å². The van der Waals surface area contributed by atoms with Crippen LogP contribution in [0, 0.1) is 0 Å². The van der Waals surface area contributed by atoms with E-state index in [0.717, 1.165) is 17.1 Å². The fourth-order valence-corrected chi connectivity index (χ4v) is 3.11. The largest absolute Gasteiger partial charge is 0.497 e. The molecule has 0 saturated carbocycles. The van der Waals surface area contributed by atoms with Crippen molar-refractivity contribution >= 4 is 17.3 Å². The lowest BCUT2D eigenvalue weighted by atomic mass is 10.1. The quantitative estimate of drug-likeness (QED) is 0.762. The van der Waals surface area contributed by atoms with E-state index in [0.29, 0.717) is 5.56 Å². The highest BCUT2D eigenvalue weighted by atomic mass is 16.5. The maximum Gasteiger partial charge on any atom is 0.256 e. The number of para-hydroxylation sites is 1. The molecule has 134 valence electrons. The van der Waals surface area contributed by atoms with Gasteiger partial charge in [-0.25, -0.2) is 0 Å². The maximum absolute atomic E-state index is 13.2. The molecule has 4 nitrogen and oxygen atoms in total. The molecule has 0 atom stereocenters. The van der Waals surface area contributed by atoms with Gasteiger partial charge in [-0.2, -0.15) is 0 Å². The van der Waals surface area contributed by atoms with Crippen LogP contribution in [0.25, 0.3) is 0 Å². The third-order valence-corrected chi connectivity index (χ3v) is 4.28. The Balaban J connectivity index is 2.45. The molecule has 0 aliphatic heterocycles. The molecule has 25 heavy (non-hydrogen) atoms. The van der Waals surface area contributed by atoms with E-state index in [2.05, 4.69) is 0 Å². The first kappa shape index (κ1) is 18.8. The van der Waals surface area contributed by atoms with Gasteiger partial charge >= 0.3 is 0 Å². The molecule has 0 spiro atoms. The second-order valence-electron chi connectivity index (χ2n) is 6.68. The first-order valence-corrected chi connectivity index (χ1v) is 8.66. The summed E-state index contributed by atoms with van der Waals surface area (Å²) in [5, 5.41) is 0. The monoisotopic (exact) mass is 340 g/mol. The number of hydrogen-bond acceptors (Lipinski definition) is 3. The molecule has 0 aliphatic rings. The fourth-order valence-electron chi connectivity index (χ4n) is 3.11. The summed E-state index contributed by atoms with van der Waals surface area (Å²) in [5.74, 6) is 0.842. The summed E-state index contributed by atoms with van der Waals surface area (Å²) in [4.78, 5) is 17.1. The predicted molar refractivity (Wildman–Crippen MR) is 104 cm³/mol. The van der Waals surface area contributed by atoms with Crippen LogP contribution >= 0.6 is 0 Å². The van der Waals surface area contributed by atoms with E-state index in [9.17, 15) is 4.79 Å². The van der Waals surface area contributed by atoms with Crippen molar-refractivity contribution in [1.82, 2.24) is 4.90 Å². The van der Waals surface area contributed by atoms with Crippen LogP contribution in [0.4, 0.5) is 11.4 Å². The Kier molecular flexibility index (Phi) is 6.07. The lowest BCUT2D eigenvalue weighted by Crippen LogP contribution is -2.42. The van der Waals surface area contributed by atoms with Crippen LogP contribution in [0.15, 0.2) is 48.5 Å². The van der Waals surface area contributed by atoms with Crippen LogP contribution in [0.2, 0.25) is 0 Å². The number of carbonyl (C=O) groups excluding carboxylic acids is 1. The number of nitrogens with zero attached hydrogens (tertiary/aromatic N) is 2. The van der Waals surface area contributed by atoms with Crippen LogP contribution in [0.3, 0.4) is 0 Å². The highest BCUT2D eigenvalue weighted by Crippen LogP contribution is 2.30. The first-order valence-electron chi connectivity index (χ1n) is 8.66. The summed E-state index contributed by atoms with van der Waals surface area (Å²) in [6.07, 6.45) is 0. The Bertz CT molecular complexity index is 717. The normalized spacial score (nSPS) is 10.9. The molecular formula is C21H28N2O2. The predicted octanol–water partition coefficient (Wildman–Crippen LogP) is 4.72. The number of methoxy groups -OCH3 is 1. The smallest absolute Gasteiger partial charge is 0.256 e. The number of anilines is 2. The van der Waals surface area contributed by atoms with Gasteiger partial charge in [0, 0.05) is 30.9 Å². The molecule has 0 fully saturated rings. The molecule has 2 aromatic carbocycles. The minimum Gasteiger partial charge on any atom is -0.497 e. The van der Waals surface area contributed by atoms with Gasteiger partial charge in [0.15, 0.2) is 0 Å². The van der Waals surface area contributed by atoms with Crippen molar-refractivity contribution in [2.45, 2.75) is 39.8 Å². The van der Waals surface area contributed by atoms with E-state index in [4.69, 9.17) is 4.74 Å². The highest BCUT2D eigenvalue weighted by Gasteiger charge is 2.24. The molecular weight excluding hydrogens is 312 g/mol. The van der Waals surface area contributed by atoms with Crippen molar-refractivity contribution in [2.75, 3.05) is 19.1 Å². The fraction of sp³-hybridized carbons (Fsp3) is 0.381. The summed E-state index contributed by atoms with van der Waals surface area (Å²) in [7, 11) is 3.62. The van der Waals surface area contributed by atoms with Gasteiger partial charge in [0.05, 0.1) is 18.4 Å². The number of benzene rings is 2. The summed E-state index contributed by atoms with van der Waals surface area (Å²) >= 11 is 0. The summed E-state index contributed by atoms with van der Waals surface area (Å²) in [5.41, 5.74) is 2.56. The highest BCUT2D eigenvalue weighted by molar-refractivity contribution is 6.01. The number of hydrogen-bond donors (Lipinski definition) is 0. The molecule has 2 rings (SSSR count). The van der Waals surface area contributed by atoms with Gasteiger partial charge in [0.1, 0.15) is 5.75 Å². The summed E-state index contributed by atoms with van der Waals surface area (Å²) in [6, 6.07) is 15.9. The molecule has 0 unspecified atom stereocenters. The average Bonchev–Trinajstić information content (AvgIpc) is 2.60. The molecule has 0 heterocycles. The molecule has 0 bridgehead atoms. The standard InChI is InChI=1S/C21H28N2O2/c1-15(2)23(16(3)4)21(24)19-12-7-8-13-20(19)22(5)17-10-9-11-18(14-17)25-6/h7-16H,1-6H3. The second kappa shape index (κ2) is 8.06. The molecule has 0 radical (unpaired) electrons. The topological polar surface area (TPSA) is 32.8 Å². The number of rotatable bonds is 6. The Labute approximate surface area is 151 Å². The van der Waals surface area contributed by atoms with Gasteiger partial charge in [0.2, 0.25) is 0 Å². The van der Waals surface area contributed by atoms with Gasteiger partial charge in [-0.3, -0.25) is 4.79 Å². The molecule has 2 aromatic rings. The van der Waals surface area contributed by atoms with Crippen LogP contribution in [-0.4, -0.2) is 37.0 Å². The zero-order chi connectivity index (χ0) is 18.6. The van der Waals surface area contributed by atoms with Crippen LogP contribution in [-0.2, 0) is 0 Å². The zero-order valence-corrected chi connectivity index (χ0v) is 16.0. The van der Waals surface area contributed by atoms with E-state index in [1.165, 1.54) is 0 Å². The lowest BCUT2D eigenvalue weighted by Gasteiger charge is -2.32. The van der Waals surface area contributed by atoms with Crippen molar-refractivity contribution in [2.24, 2.45) is 0 Å². The van der Waals surface area contributed by atoms with E-state index >= 15 is 0 Å². The molecule has 1 amide bonds. The summed E-state index contributed by atoms with van der Waals surface area (Å²) in [6.45, 7) is 8.19. The van der Waals surface area contributed by atoms with Crippen molar-refractivity contribution in [3.63, 3.8) is 0 Å². The van der Waals surface area contributed by atoms with Crippen LogP contribution in [0.1, 0.15) is 38.1 Å². The minimum atomic E-state index is 0.0512. The van der Waals surface area contributed by atoms with Crippen molar-refractivity contribution < 1.29 is 9.53 Å². The van der Waals surface area contributed by atoms with Gasteiger partial charge < -0.3 is 14.5 Å². The Morgan fingerprint density at radius 3 is 2.20 bits per heavy atom. The third-order valence-electron chi connectivity index (χ3n) is 4.28. The molecule has 0 saturated heterocycles. The number of ether oxygens (including phenoxy) is 1. The number of amides is 1. The molecule has 0 aliphatic carbocycles. The Hall–Kier alpha value is -2.49. The minimum absolute atomic E-state index is 0.0512. The molecule has 0 N–H and O–H groups in total. The lowest BCUT2D eigenvalue weighted by molar-refractivity contribution is 0.0644. The van der Waals surface area contributed by atoms with Gasteiger partial charge in [-0.1, -0.05) is 18.2 Å². The van der Waals surface area contributed by atoms with Gasteiger partial charge in [-0.15, -0.1) is 0 Å². The average molecular weight is 340 g/mol. The molecule has 4 heteroatoms. The van der Waals surface area contributed by atoms with Crippen molar-refractivity contribution in [3.05, 3.63) is 54.1 Å². The first-order chi connectivity index (χ1) is 11.9.